The maximum absolute atomic E-state index is 11.9. The Hall–Kier alpha value is -2.18. The molecule has 3 heterocycles. The number of methoxy groups -OCH3 is 1. The van der Waals surface area contributed by atoms with Crippen molar-refractivity contribution in [1.29, 1.82) is 0 Å². The first-order chi connectivity index (χ1) is 11.7. The topological polar surface area (TPSA) is 64.8 Å². The van der Waals surface area contributed by atoms with Crippen LogP contribution in [0.5, 0.6) is 5.75 Å². The Balaban J connectivity index is 1.73. The second kappa shape index (κ2) is 8.08. The summed E-state index contributed by atoms with van der Waals surface area (Å²) in [4.78, 5) is 18.5. The van der Waals surface area contributed by atoms with Crippen LogP contribution in [0.1, 0.15) is 24.3 Å². The van der Waals surface area contributed by atoms with Gasteiger partial charge in [-0.3, -0.25) is 14.7 Å². The van der Waals surface area contributed by atoms with E-state index < -0.39 is 0 Å². The van der Waals surface area contributed by atoms with E-state index in [4.69, 9.17) is 13.9 Å². The number of rotatable bonds is 7. The number of aromatic nitrogens is 1. The van der Waals surface area contributed by atoms with Crippen LogP contribution in [-0.4, -0.2) is 36.2 Å². The average Bonchev–Trinajstić information content (AvgIpc) is 3.09. The van der Waals surface area contributed by atoms with Crippen molar-refractivity contribution in [2.24, 2.45) is 0 Å². The van der Waals surface area contributed by atoms with Crippen LogP contribution < -0.4 is 10.2 Å². The van der Waals surface area contributed by atoms with Crippen molar-refractivity contribution in [1.82, 2.24) is 9.88 Å². The summed E-state index contributed by atoms with van der Waals surface area (Å²) in [5.74, 6) is 0.823. The van der Waals surface area contributed by atoms with Crippen molar-refractivity contribution in [3.8, 4) is 5.75 Å². The third-order valence-electron chi connectivity index (χ3n) is 4.05. The molecular weight excluding hydrogens is 308 g/mol. The predicted molar refractivity (Wildman–Crippen MR) is 88.9 cm³/mol. The van der Waals surface area contributed by atoms with Crippen LogP contribution in [0.3, 0.4) is 0 Å². The van der Waals surface area contributed by atoms with Crippen LogP contribution in [0.25, 0.3) is 0 Å². The summed E-state index contributed by atoms with van der Waals surface area (Å²) in [6.45, 7) is 2.80. The van der Waals surface area contributed by atoms with E-state index in [1.807, 2.05) is 18.2 Å². The molecule has 6 heteroatoms. The lowest BCUT2D eigenvalue weighted by atomic mass is 10.2. The van der Waals surface area contributed by atoms with E-state index in [-0.39, 0.29) is 17.3 Å². The van der Waals surface area contributed by atoms with Gasteiger partial charge in [0.05, 0.1) is 25.5 Å². The van der Waals surface area contributed by atoms with Gasteiger partial charge in [0.2, 0.25) is 11.2 Å². The van der Waals surface area contributed by atoms with E-state index in [9.17, 15) is 4.79 Å². The molecule has 6 nitrogen and oxygen atoms in total. The van der Waals surface area contributed by atoms with Crippen molar-refractivity contribution in [3.63, 3.8) is 0 Å². The first-order valence-electron chi connectivity index (χ1n) is 8.14. The molecule has 2 aromatic heterocycles. The van der Waals surface area contributed by atoms with E-state index in [2.05, 4.69) is 9.88 Å². The highest BCUT2D eigenvalue weighted by Crippen LogP contribution is 2.17. The summed E-state index contributed by atoms with van der Waals surface area (Å²) in [5, 5.41) is 0. The molecule has 0 saturated carbocycles. The van der Waals surface area contributed by atoms with E-state index in [0.29, 0.717) is 18.8 Å². The molecule has 1 atom stereocenters. The van der Waals surface area contributed by atoms with E-state index in [0.717, 1.165) is 31.7 Å². The first-order valence-corrected chi connectivity index (χ1v) is 8.14. The smallest absolute Gasteiger partial charge is 0.227 e. The number of hydrogen-bond acceptors (Lipinski definition) is 6. The standard InChI is InChI=1S/C18H22N2O4/c1-22-18-13-24-16(9-17(18)21)12-20(11-15-6-4-8-23-15)10-14-5-2-3-7-19-14/h2-3,5,7,9,13,15H,4,6,8,10-12H2,1H3. The van der Waals surface area contributed by atoms with Crippen LogP contribution >= 0.6 is 0 Å². The normalized spacial score (nSPS) is 17.3. The Morgan fingerprint density at radius 3 is 2.96 bits per heavy atom. The molecule has 0 radical (unpaired) electrons. The highest BCUT2D eigenvalue weighted by molar-refractivity contribution is 5.17. The van der Waals surface area contributed by atoms with Crippen LogP contribution in [0, 0.1) is 0 Å². The minimum Gasteiger partial charge on any atom is -0.490 e. The fourth-order valence-electron chi connectivity index (χ4n) is 2.87. The summed E-state index contributed by atoms with van der Waals surface area (Å²) in [7, 11) is 1.46. The first kappa shape index (κ1) is 16.7. The Morgan fingerprint density at radius 2 is 2.29 bits per heavy atom. The van der Waals surface area contributed by atoms with Crippen LogP contribution in [0.4, 0.5) is 0 Å². The van der Waals surface area contributed by atoms with Gasteiger partial charge in [-0.15, -0.1) is 0 Å². The van der Waals surface area contributed by atoms with Crippen LogP contribution in [-0.2, 0) is 17.8 Å². The third kappa shape index (κ3) is 4.43. The molecule has 1 saturated heterocycles. The number of ether oxygens (including phenoxy) is 2. The molecule has 24 heavy (non-hydrogen) atoms. The molecule has 0 aromatic carbocycles. The zero-order valence-corrected chi connectivity index (χ0v) is 13.8. The molecule has 128 valence electrons. The number of pyridine rings is 1. The minimum absolute atomic E-state index is 0.173. The van der Waals surface area contributed by atoms with Gasteiger partial charge in [-0.1, -0.05) is 6.07 Å². The second-order valence-electron chi connectivity index (χ2n) is 5.90. The average molecular weight is 330 g/mol. The zero-order chi connectivity index (χ0) is 16.8. The number of nitrogens with zero attached hydrogens (tertiary/aromatic N) is 2. The van der Waals surface area contributed by atoms with Gasteiger partial charge in [-0.05, 0) is 25.0 Å². The number of hydrogen-bond donors (Lipinski definition) is 0. The third-order valence-corrected chi connectivity index (χ3v) is 4.05. The van der Waals surface area contributed by atoms with E-state index in [1.165, 1.54) is 19.4 Å². The lowest BCUT2D eigenvalue weighted by molar-refractivity contribution is 0.0647. The molecule has 1 unspecified atom stereocenters. The highest BCUT2D eigenvalue weighted by Gasteiger charge is 2.20. The summed E-state index contributed by atoms with van der Waals surface area (Å²) in [5.41, 5.74) is 0.806. The Kier molecular flexibility index (Phi) is 5.61. The summed E-state index contributed by atoms with van der Waals surface area (Å²) >= 11 is 0. The molecule has 3 rings (SSSR count). The molecule has 0 spiro atoms. The summed E-state index contributed by atoms with van der Waals surface area (Å²) < 4.78 is 16.2. The lowest BCUT2D eigenvalue weighted by Gasteiger charge is -2.24. The maximum atomic E-state index is 11.9. The van der Waals surface area contributed by atoms with Crippen LogP contribution in [0.2, 0.25) is 0 Å². The molecule has 0 bridgehead atoms. The van der Waals surface area contributed by atoms with Gasteiger partial charge in [-0.2, -0.15) is 0 Å². The molecule has 1 aliphatic rings. The largest absolute Gasteiger partial charge is 0.490 e. The van der Waals surface area contributed by atoms with Gasteiger partial charge in [0.25, 0.3) is 0 Å². The van der Waals surface area contributed by atoms with Gasteiger partial charge >= 0.3 is 0 Å². The lowest BCUT2D eigenvalue weighted by Crippen LogP contribution is -2.32. The fourth-order valence-corrected chi connectivity index (χ4v) is 2.87. The summed E-state index contributed by atoms with van der Waals surface area (Å²) in [6.07, 6.45) is 5.53. The monoisotopic (exact) mass is 330 g/mol. The Morgan fingerprint density at radius 1 is 1.38 bits per heavy atom. The second-order valence-corrected chi connectivity index (χ2v) is 5.90. The van der Waals surface area contributed by atoms with Crippen molar-refractivity contribution in [2.75, 3.05) is 20.3 Å². The van der Waals surface area contributed by atoms with Gasteiger partial charge in [0, 0.05) is 32.0 Å². The maximum Gasteiger partial charge on any atom is 0.227 e. The Bertz CT molecular complexity index is 696. The molecule has 1 aliphatic heterocycles. The molecule has 2 aromatic rings. The van der Waals surface area contributed by atoms with Crippen molar-refractivity contribution in [3.05, 3.63) is 58.4 Å². The molecule has 1 fully saturated rings. The van der Waals surface area contributed by atoms with E-state index >= 15 is 0 Å². The molecular formula is C18H22N2O4. The Labute approximate surface area is 141 Å². The van der Waals surface area contributed by atoms with Gasteiger partial charge < -0.3 is 13.9 Å². The fraction of sp³-hybridized carbons (Fsp3) is 0.444. The van der Waals surface area contributed by atoms with Gasteiger partial charge in [-0.25, -0.2) is 0 Å². The highest BCUT2D eigenvalue weighted by atomic mass is 16.5. The van der Waals surface area contributed by atoms with Crippen molar-refractivity contribution >= 4 is 0 Å². The molecule has 0 N–H and O–H groups in total. The van der Waals surface area contributed by atoms with Crippen molar-refractivity contribution in [2.45, 2.75) is 32.0 Å². The van der Waals surface area contributed by atoms with Crippen LogP contribution in [0.15, 0.2) is 45.9 Å². The van der Waals surface area contributed by atoms with Gasteiger partial charge in [0.15, 0.2) is 0 Å². The minimum atomic E-state index is -0.173. The quantitative estimate of drug-likeness (QED) is 0.776. The molecule has 0 amide bonds. The molecule has 0 aliphatic carbocycles. The predicted octanol–water partition coefficient (Wildman–Crippen LogP) is 2.22. The van der Waals surface area contributed by atoms with E-state index in [1.54, 1.807) is 6.20 Å². The summed E-state index contributed by atoms with van der Waals surface area (Å²) in [6, 6.07) is 7.35. The van der Waals surface area contributed by atoms with Gasteiger partial charge in [0.1, 0.15) is 12.0 Å². The zero-order valence-electron chi connectivity index (χ0n) is 13.8. The SMILES string of the molecule is COc1coc(CN(Cc2ccccn2)CC2CCCO2)cc1=O. The van der Waals surface area contributed by atoms with Crippen molar-refractivity contribution < 1.29 is 13.9 Å².